The highest BCUT2D eigenvalue weighted by Gasteiger charge is 2.28. The number of nitrogens with two attached hydrogens (primary N) is 1. The van der Waals surface area contributed by atoms with Gasteiger partial charge in [-0.1, -0.05) is 13.8 Å². The minimum atomic E-state index is -0.669. The van der Waals surface area contributed by atoms with E-state index < -0.39 is 23.5 Å². The number of thioether (sulfide) groups is 1. The Kier molecular flexibility index (Phi) is 8.39. The Hall–Kier alpha value is -1.24. The fourth-order valence-electron chi connectivity index (χ4n) is 1.45. The van der Waals surface area contributed by atoms with Crippen LogP contribution in [0.5, 0.6) is 0 Å². The molecule has 3 N–H and O–H groups in total. The first-order chi connectivity index (χ1) is 9.53. The first-order valence-corrected chi connectivity index (χ1v) is 8.06. The predicted molar refractivity (Wildman–Crippen MR) is 83.8 cm³/mol. The average molecular weight is 318 g/mol. The summed E-state index contributed by atoms with van der Waals surface area (Å²) < 4.78 is 5.30. The Morgan fingerprint density at radius 2 is 1.81 bits per heavy atom. The molecule has 0 aromatic heterocycles. The van der Waals surface area contributed by atoms with Crippen LogP contribution in [0, 0.1) is 5.92 Å². The first kappa shape index (κ1) is 19.8. The van der Waals surface area contributed by atoms with Gasteiger partial charge in [-0.05, 0) is 26.7 Å². The summed E-state index contributed by atoms with van der Waals surface area (Å²) in [5, 5.41) is 2.68. The van der Waals surface area contributed by atoms with Crippen LogP contribution in [0.25, 0.3) is 0 Å². The molecule has 1 atom stereocenters. The van der Waals surface area contributed by atoms with Crippen LogP contribution in [0.3, 0.4) is 0 Å². The van der Waals surface area contributed by atoms with Crippen LogP contribution in [0.15, 0.2) is 0 Å². The molecule has 0 aliphatic rings. The Bertz CT molecular complexity index is 378. The molecule has 0 unspecified atom stereocenters. The van der Waals surface area contributed by atoms with Gasteiger partial charge in [0.2, 0.25) is 11.8 Å². The Labute approximate surface area is 130 Å². The molecule has 0 rings (SSSR count). The second-order valence-corrected chi connectivity index (χ2v) is 7.20. The molecule has 21 heavy (non-hydrogen) atoms. The van der Waals surface area contributed by atoms with E-state index in [0.717, 1.165) is 0 Å². The van der Waals surface area contributed by atoms with Gasteiger partial charge in [0, 0.05) is 12.2 Å². The number of hydrogen-bond acceptors (Lipinski definition) is 5. The molecule has 0 aliphatic heterocycles. The van der Waals surface area contributed by atoms with E-state index in [0.29, 0.717) is 5.75 Å². The Morgan fingerprint density at radius 1 is 1.24 bits per heavy atom. The van der Waals surface area contributed by atoms with Crippen LogP contribution in [0.4, 0.5) is 0 Å². The lowest BCUT2D eigenvalue weighted by Gasteiger charge is -2.26. The topological polar surface area (TPSA) is 98.5 Å². The molecule has 122 valence electrons. The van der Waals surface area contributed by atoms with Crippen LogP contribution < -0.4 is 11.1 Å². The first-order valence-electron chi connectivity index (χ1n) is 6.91. The highest BCUT2D eigenvalue weighted by atomic mass is 32.2. The Balaban J connectivity index is 4.34. The van der Waals surface area contributed by atoms with E-state index in [9.17, 15) is 14.4 Å². The fourth-order valence-corrected chi connectivity index (χ4v) is 2.12. The lowest BCUT2D eigenvalue weighted by Crippen LogP contribution is -2.47. The summed E-state index contributed by atoms with van der Waals surface area (Å²) in [6.45, 7) is 9.03. The summed E-state index contributed by atoms with van der Waals surface area (Å²) in [6.07, 6.45) is 0.226. The number of amides is 2. The molecule has 7 heteroatoms. The van der Waals surface area contributed by atoms with Crippen molar-refractivity contribution < 1.29 is 19.1 Å². The van der Waals surface area contributed by atoms with Gasteiger partial charge in [0.25, 0.3) is 0 Å². The largest absolute Gasteiger partial charge is 0.458 e. The van der Waals surface area contributed by atoms with E-state index in [-0.39, 0.29) is 24.0 Å². The third-order valence-corrected chi connectivity index (χ3v) is 3.34. The zero-order valence-corrected chi connectivity index (χ0v) is 14.2. The molecule has 0 saturated heterocycles. The predicted octanol–water partition coefficient (Wildman–Crippen LogP) is 1.08. The number of carbonyl (C=O) groups is 3. The smallest absolute Gasteiger partial charge is 0.329 e. The normalized spacial score (nSPS) is 12.9. The van der Waals surface area contributed by atoms with E-state index in [1.807, 2.05) is 13.8 Å². The highest BCUT2D eigenvalue weighted by Crippen LogP contribution is 2.12. The van der Waals surface area contributed by atoms with Gasteiger partial charge in [0.1, 0.15) is 11.6 Å². The van der Waals surface area contributed by atoms with Crippen molar-refractivity contribution in [1.82, 2.24) is 5.32 Å². The summed E-state index contributed by atoms with van der Waals surface area (Å²) in [6, 6.07) is -0.669. The molecule has 0 heterocycles. The van der Waals surface area contributed by atoms with Gasteiger partial charge >= 0.3 is 5.97 Å². The molecule has 0 aliphatic carbocycles. The van der Waals surface area contributed by atoms with Gasteiger partial charge in [-0.15, -0.1) is 0 Å². The third-order valence-electron chi connectivity index (χ3n) is 2.36. The molecular formula is C14H26N2O4S. The van der Waals surface area contributed by atoms with Crippen molar-refractivity contribution in [3.63, 3.8) is 0 Å². The molecule has 0 bridgehead atoms. The summed E-state index contributed by atoms with van der Waals surface area (Å²) >= 11 is 1.29. The molecule has 6 nitrogen and oxygen atoms in total. The number of carbonyl (C=O) groups excluding carboxylic acids is 3. The number of hydrogen-bond donors (Lipinski definition) is 2. The second kappa shape index (κ2) is 8.92. The van der Waals surface area contributed by atoms with E-state index in [1.165, 1.54) is 11.8 Å². The summed E-state index contributed by atoms with van der Waals surface area (Å²) in [7, 11) is 0. The zero-order valence-electron chi connectivity index (χ0n) is 13.4. The van der Waals surface area contributed by atoms with Crippen molar-refractivity contribution in [2.75, 3.05) is 11.5 Å². The summed E-state index contributed by atoms with van der Waals surface area (Å²) in [5.41, 5.74) is 4.42. The van der Waals surface area contributed by atoms with Gasteiger partial charge in [0.05, 0.1) is 5.75 Å². The number of primary amides is 1. The molecule has 0 saturated carbocycles. The van der Waals surface area contributed by atoms with Crippen LogP contribution >= 0.6 is 11.8 Å². The van der Waals surface area contributed by atoms with E-state index in [1.54, 1.807) is 20.8 Å². The van der Waals surface area contributed by atoms with Crippen molar-refractivity contribution in [3.8, 4) is 0 Å². The number of rotatable bonds is 8. The maximum atomic E-state index is 12.1. The highest BCUT2D eigenvalue weighted by molar-refractivity contribution is 7.99. The molecule has 0 aromatic rings. The standard InChI is InChI=1S/C14H26N2O4S/c1-9(2)12(13(19)20-14(3,4)5)16-11(18)6-7-21-8-10(15)17/h9,12H,6-8H2,1-5H3,(H2,15,17)(H,16,18)/t12-/m1/s1. The van der Waals surface area contributed by atoms with E-state index >= 15 is 0 Å². The lowest BCUT2D eigenvalue weighted by molar-refractivity contribution is -0.160. The molecule has 2 amide bonds. The van der Waals surface area contributed by atoms with Gasteiger partial charge in [-0.2, -0.15) is 11.8 Å². The van der Waals surface area contributed by atoms with Crippen molar-refractivity contribution in [3.05, 3.63) is 0 Å². The molecule has 0 radical (unpaired) electrons. The van der Waals surface area contributed by atoms with Crippen molar-refractivity contribution >= 4 is 29.5 Å². The van der Waals surface area contributed by atoms with Crippen molar-refractivity contribution in [2.45, 2.75) is 52.7 Å². The van der Waals surface area contributed by atoms with Crippen LogP contribution in [0.1, 0.15) is 41.0 Å². The van der Waals surface area contributed by atoms with Crippen LogP contribution in [-0.4, -0.2) is 40.9 Å². The minimum absolute atomic E-state index is 0.0675. The average Bonchev–Trinajstić information content (AvgIpc) is 2.28. The number of ether oxygens (including phenoxy) is 1. The molecular weight excluding hydrogens is 292 g/mol. The second-order valence-electron chi connectivity index (χ2n) is 6.09. The molecule has 0 spiro atoms. The van der Waals surface area contributed by atoms with Gasteiger partial charge in [0.15, 0.2) is 0 Å². The molecule has 0 aromatic carbocycles. The maximum Gasteiger partial charge on any atom is 0.329 e. The fraction of sp³-hybridized carbons (Fsp3) is 0.786. The van der Waals surface area contributed by atoms with Crippen LogP contribution in [0.2, 0.25) is 0 Å². The van der Waals surface area contributed by atoms with E-state index in [4.69, 9.17) is 10.5 Å². The van der Waals surface area contributed by atoms with Crippen molar-refractivity contribution in [2.24, 2.45) is 11.7 Å². The van der Waals surface area contributed by atoms with Gasteiger partial charge in [-0.25, -0.2) is 4.79 Å². The summed E-state index contributed by atoms with van der Waals surface area (Å²) in [5.74, 6) is -0.482. The van der Waals surface area contributed by atoms with Crippen LogP contribution in [-0.2, 0) is 19.1 Å². The quantitative estimate of drug-likeness (QED) is 0.515. The Morgan fingerprint density at radius 3 is 2.24 bits per heavy atom. The summed E-state index contributed by atoms with van der Waals surface area (Å²) in [4.78, 5) is 34.4. The lowest BCUT2D eigenvalue weighted by atomic mass is 10.0. The molecule has 0 fully saturated rings. The SMILES string of the molecule is CC(C)[C@@H](NC(=O)CCSCC(N)=O)C(=O)OC(C)(C)C. The third kappa shape index (κ3) is 10.2. The van der Waals surface area contributed by atoms with Gasteiger partial charge in [-0.3, -0.25) is 9.59 Å². The zero-order chi connectivity index (χ0) is 16.6. The monoisotopic (exact) mass is 318 g/mol. The van der Waals surface area contributed by atoms with E-state index in [2.05, 4.69) is 5.32 Å². The maximum absolute atomic E-state index is 12.1. The minimum Gasteiger partial charge on any atom is -0.458 e. The number of esters is 1. The van der Waals surface area contributed by atoms with Gasteiger partial charge < -0.3 is 15.8 Å². The van der Waals surface area contributed by atoms with Crippen molar-refractivity contribution in [1.29, 1.82) is 0 Å². The number of nitrogens with one attached hydrogen (secondary N) is 1.